The molecule has 0 aromatic heterocycles. The molecule has 6 nitrogen and oxygen atoms in total. The van der Waals surface area contributed by atoms with Gasteiger partial charge < -0.3 is 20.9 Å². The van der Waals surface area contributed by atoms with Gasteiger partial charge in [-0.1, -0.05) is 13.3 Å². The zero-order valence-corrected chi connectivity index (χ0v) is 11.9. The first-order chi connectivity index (χ1) is 9.03. The van der Waals surface area contributed by atoms with Crippen LogP contribution in [0.3, 0.4) is 0 Å². The Hall–Kier alpha value is -1.14. The van der Waals surface area contributed by atoms with Crippen LogP contribution in [0.15, 0.2) is 0 Å². The van der Waals surface area contributed by atoms with Crippen LogP contribution in [0.4, 0.5) is 0 Å². The Bertz CT molecular complexity index is 267. The van der Waals surface area contributed by atoms with Gasteiger partial charge in [0.15, 0.2) is 0 Å². The average molecular weight is 274 g/mol. The summed E-state index contributed by atoms with van der Waals surface area (Å²) in [5.74, 6) is -0.511. The molecule has 0 aliphatic heterocycles. The lowest BCUT2D eigenvalue weighted by Gasteiger charge is -2.15. The smallest absolute Gasteiger partial charge is 0.303 e. The van der Waals surface area contributed by atoms with Gasteiger partial charge in [-0.05, 0) is 18.8 Å². The fraction of sp³-hybridized carbons (Fsp3) is 0.846. The predicted molar refractivity (Wildman–Crippen MR) is 72.7 cm³/mol. The van der Waals surface area contributed by atoms with E-state index in [9.17, 15) is 9.59 Å². The summed E-state index contributed by atoms with van der Waals surface area (Å²) in [6.45, 7) is 2.92. The molecule has 1 amide bonds. The van der Waals surface area contributed by atoms with Crippen LogP contribution < -0.4 is 11.1 Å². The summed E-state index contributed by atoms with van der Waals surface area (Å²) in [7, 11) is 1.53. The highest BCUT2D eigenvalue weighted by atomic mass is 16.5. The third-order valence-electron chi connectivity index (χ3n) is 3.23. The van der Waals surface area contributed by atoms with Gasteiger partial charge in [0.1, 0.15) is 0 Å². The molecule has 0 saturated carbocycles. The second kappa shape index (κ2) is 10.8. The fourth-order valence-corrected chi connectivity index (χ4v) is 1.84. The summed E-state index contributed by atoms with van der Waals surface area (Å²) in [4.78, 5) is 22.1. The molecule has 0 radical (unpaired) electrons. The van der Waals surface area contributed by atoms with Gasteiger partial charge in [-0.2, -0.15) is 0 Å². The molecule has 0 heterocycles. The maximum atomic E-state index is 11.6. The number of carboxylic acid groups (broad SMARTS) is 1. The van der Waals surface area contributed by atoms with Crippen molar-refractivity contribution in [3.8, 4) is 0 Å². The molecule has 0 fully saturated rings. The number of rotatable bonds is 11. The van der Waals surface area contributed by atoms with Gasteiger partial charge in [0.2, 0.25) is 5.91 Å². The molecule has 0 saturated heterocycles. The Labute approximate surface area is 114 Å². The van der Waals surface area contributed by atoms with E-state index >= 15 is 0 Å². The maximum absolute atomic E-state index is 11.6. The molecule has 19 heavy (non-hydrogen) atoms. The minimum absolute atomic E-state index is 0.0783. The number of amides is 1. The molecule has 0 aromatic rings. The summed E-state index contributed by atoms with van der Waals surface area (Å²) in [5, 5.41) is 11.4. The largest absolute Gasteiger partial charge is 0.481 e. The van der Waals surface area contributed by atoms with Gasteiger partial charge in [-0.15, -0.1) is 0 Å². The molecule has 6 heteroatoms. The highest BCUT2D eigenvalue weighted by molar-refractivity contribution is 5.76. The molecule has 112 valence electrons. The van der Waals surface area contributed by atoms with E-state index in [2.05, 4.69) is 5.32 Å². The number of ether oxygens (including phenoxy) is 1. The van der Waals surface area contributed by atoms with E-state index in [-0.39, 0.29) is 24.9 Å². The molecule has 4 N–H and O–H groups in total. The molecule has 0 aromatic carbocycles. The van der Waals surface area contributed by atoms with Gasteiger partial charge in [0, 0.05) is 26.6 Å². The fourth-order valence-electron chi connectivity index (χ4n) is 1.84. The van der Waals surface area contributed by atoms with Crippen LogP contribution in [-0.4, -0.2) is 43.3 Å². The van der Waals surface area contributed by atoms with Crippen molar-refractivity contribution < 1.29 is 19.4 Å². The third-order valence-corrected chi connectivity index (χ3v) is 3.23. The minimum atomic E-state index is -0.770. The summed E-state index contributed by atoms with van der Waals surface area (Å²) in [6.07, 6.45) is 2.59. The zero-order valence-electron chi connectivity index (χ0n) is 11.9. The lowest BCUT2D eigenvalue weighted by atomic mass is 9.96. The van der Waals surface area contributed by atoms with Gasteiger partial charge in [0.05, 0.1) is 12.5 Å². The van der Waals surface area contributed by atoms with E-state index in [1.165, 1.54) is 7.11 Å². The Kier molecular flexibility index (Phi) is 10.1. The Balaban J connectivity index is 3.80. The van der Waals surface area contributed by atoms with Gasteiger partial charge in [-0.3, -0.25) is 9.59 Å². The van der Waals surface area contributed by atoms with Crippen molar-refractivity contribution in [3.05, 3.63) is 0 Å². The molecule has 0 spiro atoms. The number of carbonyl (C=O) groups is 2. The quantitative estimate of drug-likeness (QED) is 0.516. The first kappa shape index (κ1) is 17.9. The van der Waals surface area contributed by atoms with E-state index in [1.54, 1.807) is 0 Å². The zero-order chi connectivity index (χ0) is 14.7. The summed E-state index contributed by atoms with van der Waals surface area (Å²) in [5.41, 5.74) is 5.44. The number of hydrogen-bond acceptors (Lipinski definition) is 4. The van der Waals surface area contributed by atoms with Crippen LogP contribution in [0.25, 0.3) is 0 Å². The Morgan fingerprint density at radius 2 is 2.05 bits per heavy atom. The number of nitrogens with two attached hydrogens (primary N) is 1. The topological polar surface area (TPSA) is 102 Å². The number of aliphatic carboxylic acids is 1. The van der Waals surface area contributed by atoms with Crippen molar-refractivity contribution in [2.45, 2.75) is 45.1 Å². The van der Waals surface area contributed by atoms with Crippen LogP contribution in [0, 0.1) is 5.92 Å². The van der Waals surface area contributed by atoms with Gasteiger partial charge in [-0.25, -0.2) is 0 Å². The van der Waals surface area contributed by atoms with Crippen LogP contribution in [-0.2, 0) is 14.3 Å². The standard InChI is InChI=1S/C13H26N2O4/c1-3-10(4-5-13(17)18)6-7-15-12(16)8-11(9-14)19-2/h10-11H,3-9,14H2,1-2H3,(H,15,16)(H,17,18). The number of carbonyl (C=O) groups excluding carboxylic acids is 1. The predicted octanol–water partition coefficient (Wildman–Crippen LogP) is 0.748. The van der Waals surface area contributed by atoms with E-state index < -0.39 is 5.97 Å². The molecular formula is C13H26N2O4. The third kappa shape index (κ3) is 9.44. The molecule has 0 rings (SSSR count). The van der Waals surface area contributed by atoms with Crippen LogP contribution in [0.5, 0.6) is 0 Å². The lowest BCUT2D eigenvalue weighted by molar-refractivity contribution is -0.137. The first-order valence-corrected chi connectivity index (χ1v) is 6.74. The number of methoxy groups -OCH3 is 1. The molecule has 0 aliphatic carbocycles. The SMILES string of the molecule is CCC(CCNC(=O)CC(CN)OC)CCC(=O)O. The van der Waals surface area contributed by atoms with Crippen molar-refractivity contribution >= 4 is 11.9 Å². The molecule has 0 bridgehead atoms. The van der Waals surface area contributed by atoms with Crippen LogP contribution in [0.2, 0.25) is 0 Å². The van der Waals surface area contributed by atoms with Crippen molar-refractivity contribution in [3.63, 3.8) is 0 Å². The summed E-state index contributed by atoms with van der Waals surface area (Å²) >= 11 is 0. The normalized spacial score (nSPS) is 13.8. The Morgan fingerprint density at radius 1 is 1.37 bits per heavy atom. The maximum Gasteiger partial charge on any atom is 0.303 e. The van der Waals surface area contributed by atoms with Crippen molar-refractivity contribution in [2.75, 3.05) is 20.2 Å². The lowest BCUT2D eigenvalue weighted by Crippen LogP contribution is -2.33. The van der Waals surface area contributed by atoms with E-state index in [0.717, 1.165) is 12.8 Å². The minimum Gasteiger partial charge on any atom is -0.481 e. The monoisotopic (exact) mass is 274 g/mol. The number of carboxylic acids is 1. The van der Waals surface area contributed by atoms with Crippen molar-refractivity contribution in [1.82, 2.24) is 5.32 Å². The molecule has 0 aliphatic rings. The first-order valence-electron chi connectivity index (χ1n) is 6.74. The second-order valence-electron chi connectivity index (χ2n) is 4.64. The highest BCUT2D eigenvalue weighted by Gasteiger charge is 2.12. The van der Waals surface area contributed by atoms with Gasteiger partial charge in [0.25, 0.3) is 0 Å². The second-order valence-corrected chi connectivity index (χ2v) is 4.64. The number of hydrogen-bond donors (Lipinski definition) is 3. The highest BCUT2D eigenvalue weighted by Crippen LogP contribution is 2.14. The van der Waals surface area contributed by atoms with Gasteiger partial charge >= 0.3 is 5.97 Å². The molecule has 2 unspecified atom stereocenters. The molecule has 2 atom stereocenters. The van der Waals surface area contributed by atoms with E-state index in [0.29, 0.717) is 25.4 Å². The summed E-state index contributed by atoms with van der Waals surface area (Å²) in [6, 6.07) is 0. The van der Waals surface area contributed by atoms with Crippen LogP contribution in [0.1, 0.15) is 39.0 Å². The van der Waals surface area contributed by atoms with Crippen molar-refractivity contribution in [1.29, 1.82) is 0 Å². The van der Waals surface area contributed by atoms with Crippen LogP contribution >= 0.6 is 0 Å². The Morgan fingerprint density at radius 3 is 2.53 bits per heavy atom. The molecular weight excluding hydrogens is 248 g/mol. The van der Waals surface area contributed by atoms with E-state index in [4.69, 9.17) is 15.6 Å². The summed E-state index contributed by atoms with van der Waals surface area (Å²) < 4.78 is 5.03. The average Bonchev–Trinajstić information content (AvgIpc) is 2.39. The van der Waals surface area contributed by atoms with Crippen molar-refractivity contribution in [2.24, 2.45) is 11.7 Å². The number of nitrogens with one attached hydrogen (secondary N) is 1. The van der Waals surface area contributed by atoms with E-state index in [1.807, 2.05) is 6.92 Å².